The lowest BCUT2D eigenvalue weighted by molar-refractivity contribution is -0.661. The van der Waals surface area contributed by atoms with Gasteiger partial charge in [0.1, 0.15) is 35.2 Å². The zero-order valence-electron chi connectivity index (χ0n) is 61.6. The number of hydrogen-bond acceptors (Lipinski definition) is 0. The fraction of sp³-hybridized carbons (Fsp3) is 0.295. The Morgan fingerprint density at radius 2 is 0.723 bits per heavy atom. The van der Waals surface area contributed by atoms with Crippen molar-refractivity contribution in [2.45, 2.75) is 122 Å². The van der Waals surface area contributed by atoms with E-state index in [1.54, 1.807) is 38.2 Å². The van der Waals surface area contributed by atoms with Crippen LogP contribution < -0.4 is 22.8 Å². The largest absolute Gasteiger partial charge is 0.212 e. The molecule has 5 aromatic carbocycles. The van der Waals surface area contributed by atoms with Crippen LogP contribution in [0.25, 0.3) is 56.3 Å². The SMILES string of the molecule is CCc1c[n+](C)c(-c2ccccc2C)cc1C.CCc1ccc(-c2cccc[n+]2C)c(C)c1.[2H]C([2H])(C)c1c[n+](C)c(-c2ccccc2C)cc1C.[2H]C([2H])(C)c1ccc(-c2cccc[n+]2C)c(C)c1.[2H]C([2H])([2H])c1ccc(-c2ccc(C([2H])([2H])C)c[n+]2C)c(C)c1. The van der Waals surface area contributed by atoms with Crippen molar-refractivity contribution in [3.8, 4) is 56.3 Å². The third-order valence-electron chi connectivity index (χ3n) is 15.4. The summed E-state index contributed by atoms with van der Waals surface area (Å²) in [7, 11) is 10.1. The summed E-state index contributed by atoms with van der Waals surface area (Å²) in [4.78, 5) is 0. The Labute approximate surface area is 513 Å². The van der Waals surface area contributed by atoms with Crippen molar-refractivity contribution >= 4 is 0 Å². The normalized spacial score (nSPS) is 12.8. The number of rotatable bonds is 10. The predicted molar refractivity (Wildman–Crippen MR) is 350 cm³/mol. The highest BCUT2D eigenvalue weighted by atomic mass is 14.9. The molecule has 10 rings (SSSR count). The lowest BCUT2D eigenvalue weighted by Gasteiger charge is -2.07. The van der Waals surface area contributed by atoms with Crippen LogP contribution in [-0.4, -0.2) is 0 Å². The van der Waals surface area contributed by atoms with E-state index in [0.717, 1.165) is 68.9 Å². The van der Waals surface area contributed by atoms with E-state index in [1.165, 1.54) is 68.4 Å². The van der Waals surface area contributed by atoms with Gasteiger partial charge in [-0.15, -0.1) is 0 Å². The van der Waals surface area contributed by atoms with Crippen molar-refractivity contribution in [1.82, 2.24) is 0 Å². The summed E-state index contributed by atoms with van der Waals surface area (Å²) in [5.41, 5.74) is 25.1. The topological polar surface area (TPSA) is 19.4 Å². The maximum atomic E-state index is 7.88. The Bertz CT molecular complexity index is 4110. The number of pyridine rings is 5. The molecule has 0 saturated heterocycles. The molecule has 0 amide bonds. The van der Waals surface area contributed by atoms with Crippen molar-refractivity contribution in [1.29, 1.82) is 0 Å². The number of aromatic nitrogens is 5. The van der Waals surface area contributed by atoms with Gasteiger partial charge in [0.2, 0.25) is 28.5 Å². The first-order valence-electron chi connectivity index (χ1n) is 33.4. The summed E-state index contributed by atoms with van der Waals surface area (Å²) in [5, 5.41) is 0. The van der Waals surface area contributed by atoms with E-state index in [2.05, 4.69) is 173 Å². The van der Waals surface area contributed by atoms with Crippen LogP contribution in [-0.2, 0) is 67.2 Å². The lowest BCUT2D eigenvalue weighted by Crippen LogP contribution is -2.32. The van der Waals surface area contributed by atoms with Crippen LogP contribution in [0.1, 0.15) is 119 Å². The van der Waals surface area contributed by atoms with Gasteiger partial charge in [-0.05, 0) is 186 Å². The summed E-state index contributed by atoms with van der Waals surface area (Å²) in [5.74, 6) is 0. The molecule has 5 aromatic heterocycles. The quantitative estimate of drug-likeness (QED) is 0.122. The summed E-state index contributed by atoms with van der Waals surface area (Å²) >= 11 is 0. The van der Waals surface area contributed by atoms with Gasteiger partial charge in [0.05, 0.1) is 0 Å². The fourth-order valence-corrected chi connectivity index (χ4v) is 10.4. The Balaban J connectivity index is 0.000000183. The van der Waals surface area contributed by atoms with Crippen LogP contribution in [0.3, 0.4) is 0 Å². The highest BCUT2D eigenvalue weighted by Gasteiger charge is 2.18. The number of aryl methyl sites for hydroxylation is 18. The standard InChI is InChI=1S/3C16H20N.2C15H18N/c1-5-14-7-9-16(17(4)11-14)15-8-6-12(2)10-13(15)3;2*1-5-14-11-17(4)16(10-13(14)3)15-9-7-6-8-12(15)2;2*1-4-13-8-9-14(12(2)11-13)15-7-5-6-10-16(15)3/h3*6-11H,5H2,1-4H3;2*5-11H,4H2,1-3H3/q5*+1/i2D3,5D2;5D2;;4D2;. The number of hydrogen-bond donors (Lipinski definition) is 0. The van der Waals surface area contributed by atoms with Crippen LogP contribution in [0.5, 0.6) is 0 Å². The zero-order valence-corrected chi connectivity index (χ0v) is 52.6. The Morgan fingerprint density at radius 1 is 0.313 bits per heavy atom. The van der Waals surface area contributed by atoms with E-state index in [4.69, 9.17) is 12.3 Å². The molecular weight excluding hydrogens is 1010 g/mol. The van der Waals surface area contributed by atoms with E-state index in [9.17, 15) is 0 Å². The molecule has 0 aliphatic rings. The molecule has 0 bridgehead atoms. The molecule has 0 unspecified atom stereocenters. The first-order valence-corrected chi connectivity index (χ1v) is 28.9. The van der Waals surface area contributed by atoms with Crippen molar-refractivity contribution in [2.24, 2.45) is 35.2 Å². The first kappa shape index (κ1) is 51.7. The van der Waals surface area contributed by atoms with Crippen LogP contribution in [0.4, 0.5) is 0 Å². The van der Waals surface area contributed by atoms with Crippen molar-refractivity contribution in [3.05, 3.63) is 267 Å². The van der Waals surface area contributed by atoms with E-state index in [0.29, 0.717) is 11.1 Å². The fourth-order valence-electron chi connectivity index (χ4n) is 10.4. The second-order valence-corrected chi connectivity index (χ2v) is 21.4. The van der Waals surface area contributed by atoms with Crippen LogP contribution in [0.2, 0.25) is 0 Å². The van der Waals surface area contributed by atoms with E-state index >= 15 is 0 Å². The van der Waals surface area contributed by atoms with Crippen molar-refractivity contribution in [3.63, 3.8) is 0 Å². The van der Waals surface area contributed by atoms with Crippen LogP contribution in [0, 0.1) is 55.3 Å². The second-order valence-electron chi connectivity index (χ2n) is 21.4. The highest BCUT2D eigenvalue weighted by molar-refractivity contribution is 5.65. The van der Waals surface area contributed by atoms with Gasteiger partial charge in [0, 0.05) is 99.3 Å². The van der Waals surface area contributed by atoms with Gasteiger partial charge in [-0.3, -0.25) is 0 Å². The van der Waals surface area contributed by atoms with Gasteiger partial charge in [-0.1, -0.05) is 113 Å². The molecule has 5 nitrogen and oxygen atoms in total. The summed E-state index contributed by atoms with van der Waals surface area (Å²) in [6, 6.07) is 54.9. The van der Waals surface area contributed by atoms with E-state index < -0.39 is 26.0 Å². The molecule has 428 valence electrons. The number of nitrogens with zero attached hydrogens (tertiary/aromatic N) is 5. The molecule has 0 atom stereocenters. The van der Waals surface area contributed by atoms with Gasteiger partial charge in [0.15, 0.2) is 31.0 Å². The maximum Gasteiger partial charge on any atom is 0.212 e. The van der Waals surface area contributed by atoms with Gasteiger partial charge in [-0.2, -0.15) is 0 Å². The van der Waals surface area contributed by atoms with E-state index in [1.807, 2.05) is 118 Å². The number of benzene rings is 5. The molecule has 0 N–H and O–H groups in total. The van der Waals surface area contributed by atoms with E-state index in [-0.39, 0.29) is 0 Å². The van der Waals surface area contributed by atoms with Gasteiger partial charge >= 0.3 is 0 Å². The molecule has 0 fully saturated rings. The summed E-state index contributed by atoms with van der Waals surface area (Å²) in [6.07, 6.45) is 8.21. The lowest BCUT2D eigenvalue weighted by atomic mass is 10.0. The molecule has 83 heavy (non-hydrogen) atoms. The molecule has 10 aromatic rings. The minimum Gasteiger partial charge on any atom is -0.201 e. The average molecular weight is 1110 g/mol. The molecule has 0 spiro atoms. The maximum absolute atomic E-state index is 7.88. The smallest absolute Gasteiger partial charge is 0.201 e. The first-order chi connectivity index (χ1) is 43.0. The van der Waals surface area contributed by atoms with Crippen LogP contribution in [0.15, 0.2) is 195 Å². The summed E-state index contributed by atoms with van der Waals surface area (Å²) in [6.45, 7) is 21.5. The van der Waals surface area contributed by atoms with Gasteiger partial charge in [0.25, 0.3) is 0 Å². The zero-order chi connectivity index (χ0) is 68.2. The Kier molecular flexibility index (Phi) is 19.2. The minimum atomic E-state index is -2.10. The molecule has 5 heterocycles. The molecule has 0 aliphatic heterocycles. The molecule has 5 heteroatoms. The van der Waals surface area contributed by atoms with Crippen molar-refractivity contribution in [2.75, 3.05) is 0 Å². The third-order valence-corrected chi connectivity index (χ3v) is 15.4. The Morgan fingerprint density at radius 3 is 1.16 bits per heavy atom. The molecule has 0 aliphatic carbocycles. The summed E-state index contributed by atoms with van der Waals surface area (Å²) < 4.78 is 79.6. The second kappa shape index (κ2) is 30.8. The van der Waals surface area contributed by atoms with Crippen LogP contribution >= 0.6 is 0 Å². The third kappa shape index (κ3) is 17.0. The molecule has 0 radical (unpaired) electrons. The predicted octanol–water partition coefficient (Wildman–Crippen LogP) is 16.2. The monoisotopic (exact) mass is 1110 g/mol. The minimum absolute atomic E-state index is 0.331. The average Bonchev–Trinajstić information content (AvgIpc) is 0.843. The molecular formula is C78H96N5+5. The molecule has 0 saturated carbocycles. The Hall–Kier alpha value is -8.15. The van der Waals surface area contributed by atoms with Crippen molar-refractivity contribution < 1.29 is 35.2 Å². The van der Waals surface area contributed by atoms with Gasteiger partial charge < -0.3 is 0 Å². The highest BCUT2D eigenvalue weighted by Crippen LogP contribution is 2.26. The van der Waals surface area contributed by atoms with Gasteiger partial charge in [-0.25, -0.2) is 22.8 Å².